The summed E-state index contributed by atoms with van der Waals surface area (Å²) >= 11 is 0. The molecule has 31 heavy (non-hydrogen) atoms. The number of hydrogen-bond acceptors (Lipinski definition) is 4. The van der Waals surface area contributed by atoms with E-state index in [0.29, 0.717) is 11.3 Å². The Hall–Kier alpha value is -3.84. The van der Waals surface area contributed by atoms with Crippen LogP contribution in [0.15, 0.2) is 35.1 Å². The van der Waals surface area contributed by atoms with Gasteiger partial charge >= 0.3 is 6.03 Å². The van der Waals surface area contributed by atoms with Gasteiger partial charge < -0.3 is 19.9 Å². The number of aromatic nitrogens is 1. The number of amides is 2. The summed E-state index contributed by atoms with van der Waals surface area (Å²) in [5.41, 5.74) is 0.167. The smallest absolute Gasteiger partial charge is 0.322 e. The number of nitrogens with one attached hydrogen (secondary N) is 2. The molecule has 1 aromatic heterocycles. The summed E-state index contributed by atoms with van der Waals surface area (Å²) in [6.45, 7) is 0.0822. The van der Waals surface area contributed by atoms with Gasteiger partial charge in [-0.15, -0.1) is 0 Å². The molecule has 2 aromatic carbocycles. The van der Waals surface area contributed by atoms with Gasteiger partial charge in [0.05, 0.1) is 30.2 Å². The summed E-state index contributed by atoms with van der Waals surface area (Å²) in [6, 6.07) is 5.65. The molecule has 0 spiro atoms. The second-order valence-electron chi connectivity index (χ2n) is 7.04. The Morgan fingerprint density at radius 2 is 1.90 bits per heavy atom. The van der Waals surface area contributed by atoms with Crippen LogP contribution in [0.4, 0.5) is 23.7 Å². The van der Waals surface area contributed by atoms with Gasteiger partial charge in [-0.25, -0.2) is 18.0 Å². The van der Waals surface area contributed by atoms with E-state index in [0.717, 1.165) is 18.2 Å². The summed E-state index contributed by atoms with van der Waals surface area (Å²) < 4.78 is 46.7. The average Bonchev–Trinajstić information content (AvgIpc) is 2.75. The molecule has 2 amide bonds. The van der Waals surface area contributed by atoms with E-state index < -0.39 is 35.1 Å². The fraction of sp³-hybridized carbons (Fsp3) is 0.190. The van der Waals surface area contributed by atoms with Gasteiger partial charge in [0.1, 0.15) is 11.9 Å². The van der Waals surface area contributed by atoms with E-state index in [9.17, 15) is 22.8 Å². The molecule has 0 radical (unpaired) electrons. The maximum absolute atomic E-state index is 14.0. The maximum Gasteiger partial charge on any atom is 0.322 e. The molecule has 0 fully saturated rings. The van der Waals surface area contributed by atoms with Crippen LogP contribution < -0.4 is 10.9 Å². The first-order valence-electron chi connectivity index (χ1n) is 9.15. The molecule has 2 heterocycles. The van der Waals surface area contributed by atoms with Crippen LogP contribution in [0.3, 0.4) is 0 Å². The average molecular weight is 428 g/mol. The number of urea groups is 1. The fourth-order valence-electron chi connectivity index (χ4n) is 3.59. The van der Waals surface area contributed by atoms with E-state index in [1.54, 1.807) is 6.07 Å². The van der Waals surface area contributed by atoms with Crippen molar-refractivity contribution in [3.05, 3.63) is 75.0 Å². The molecule has 0 saturated heterocycles. The van der Waals surface area contributed by atoms with Gasteiger partial charge in [-0.05, 0) is 35.7 Å². The number of pyridine rings is 1. The Balaban J connectivity index is 1.73. The van der Waals surface area contributed by atoms with Crippen LogP contribution in [0, 0.1) is 28.8 Å². The van der Waals surface area contributed by atoms with Crippen molar-refractivity contribution in [1.29, 1.82) is 5.26 Å². The number of fused-ring (bicyclic) bond motifs is 3. The van der Waals surface area contributed by atoms with Crippen molar-refractivity contribution in [2.75, 3.05) is 19.0 Å². The minimum atomic E-state index is -1.16. The van der Waals surface area contributed by atoms with E-state index in [1.165, 1.54) is 24.1 Å². The number of ether oxygens (including phenoxy) is 1. The molecule has 4 rings (SSSR count). The zero-order valence-electron chi connectivity index (χ0n) is 16.1. The molecule has 158 valence electrons. The van der Waals surface area contributed by atoms with Gasteiger partial charge in [0.2, 0.25) is 0 Å². The summed E-state index contributed by atoms with van der Waals surface area (Å²) in [5.74, 6) is -2.99. The molecular formula is C21H15F3N4O3. The van der Waals surface area contributed by atoms with Gasteiger partial charge in [0.25, 0.3) is 5.56 Å². The summed E-state index contributed by atoms with van der Waals surface area (Å²) in [4.78, 5) is 29.0. The van der Waals surface area contributed by atoms with Crippen LogP contribution in [-0.2, 0) is 11.3 Å². The van der Waals surface area contributed by atoms with Crippen molar-refractivity contribution in [1.82, 2.24) is 9.88 Å². The van der Waals surface area contributed by atoms with Crippen molar-refractivity contribution >= 4 is 22.5 Å². The molecule has 0 bridgehead atoms. The number of halogens is 3. The lowest BCUT2D eigenvalue weighted by Crippen LogP contribution is -2.39. The number of benzene rings is 2. The molecule has 1 atom stereocenters. The first kappa shape index (κ1) is 20.4. The molecular weight excluding hydrogens is 413 g/mol. The monoisotopic (exact) mass is 428 g/mol. The largest absolute Gasteiger partial charge is 0.373 e. The van der Waals surface area contributed by atoms with Crippen molar-refractivity contribution < 1.29 is 22.7 Å². The topological polar surface area (TPSA) is 98.2 Å². The van der Waals surface area contributed by atoms with Crippen molar-refractivity contribution in [2.24, 2.45) is 0 Å². The highest BCUT2D eigenvalue weighted by Crippen LogP contribution is 2.34. The molecule has 10 heteroatoms. The number of hydrogen-bond donors (Lipinski definition) is 2. The van der Waals surface area contributed by atoms with Crippen LogP contribution in [0.5, 0.6) is 0 Å². The Morgan fingerprint density at radius 1 is 1.19 bits per heavy atom. The highest BCUT2D eigenvalue weighted by molar-refractivity contribution is 5.91. The third kappa shape index (κ3) is 3.60. The highest BCUT2D eigenvalue weighted by atomic mass is 19.2. The minimum absolute atomic E-state index is 0.0367. The van der Waals surface area contributed by atoms with Crippen LogP contribution in [0.1, 0.15) is 22.9 Å². The first-order valence-corrected chi connectivity index (χ1v) is 9.15. The zero-order chi connectivity index (χ0) is 22.3. The Bertz CT molecular complexity index is 1320. The van der Waals surface area contributed by atoms with Crippen molar-refractivity contribution in [2.45, 2.75) is 12.6 Å². The van der Waals surface area contributed by atoms with E-state index in [4.69, 9.17) is 10.00 Å². The quantitative estimate of drug-likeness (QED) is 0.652. The lowest BCUT2D eigenvalue weighted by Gasteiger charge is -2.33. The molecule has 2 N–H and O–H groups in total. The highest BCUT2D eigenvalue weighted by Gasteiger charge is 2.31. The first-order chi connectivity index (χ1) is 14.8. The van der Waals surface area contributed by atoms with E-state index in [-0.39, 0.29) is 35.2 Å². The third-order valence-corrected chi connectivity index (χ3v) is 5.17. The number of nitrogens with zero attached hydrogens (tertiary/aromatic N) is 2. The number of carbonyl (C=O) groups is 1. The lowest BCUT2D eigenvalue weighted by atomic mass is 9.95. The molecule has 0 unspecified atom stereocenters. The number of H-pyrrole nitrogens is 1. The number of aromatic amines is 1. The predicted octanol–water partition coefficient (Wildman–Crippen LogP) is 3.55. The number of carbonyl (C=O) groups excluding carboxylic acids is 1. The van der Waals surface area contributed by atoms with Gasteiger partial charge in [0, 0.05) is 24.0 Å². The number of anilines is 1. The summed E-state index contributed by atoms with van der Waals surface area (Å²) in [6.07, 6.45) is 0. The van der Waals surface area contributed by atoms with Crippen LogP contribution in [0.25, 0.3) is 10.8 Å². The normalized spacial score (nSPS) is 15.3. The number of likely N-dealkylation sites (N-methyl/N-ethyl adjacent to an activating group) is 1. The van der Waals surface area contributed by atoms with Crippen LogP contribution in [0.2, 0.25) is 0 Å². The van der Waals surface area contributed by atoms with E-state index in [2.05, 4.69) is 10.3 Å². The Labute approximate surface area is 173 Å². The van der Waals surface area contributed by atoms with Crippen molar-refractivity contribution in [3.63, 3.8) is 0 Å². The van der Waals surface area contributed by atoms with Crippen LogP contribution in [-0.4, -0.2) is 29.6 Å². The fourth-order valence-corrected chi connectivity index (χ4v) is 3.59. The predicted molar refractivity (Wildman–Crippen MR) is 105 cm³/mol. The summed E-state index contributed by atoms with van der Waals surface area (Å²) in [5, 5.41) is 11.6. The minimum Gasteiger partial charge on any atom is -0.373 e. The number of nitriles is 1. The van der Waals surface area contributed by atoms with Crippen molar-refractivity contribution in [3.8, 4) is 6.07 Å². The van der Waals surface area contributed by atoms with Gasteiger partial charge in [-0.3, -0.25) is 4.79 Å². The molecule has 0 aliphatic carbocycles. The second-order valence-corrected chi connectivity index (χ2v) is 7.04. The SMILES string of the molecule is CN(C(=O)Nc1ccc(F)c(C#N)c1)[C@@H]1COCc2[nH]c(=O)c3cc(F)c(F)cc3c21. The van der Waals surface area contributed by atoms with Gasteiger partial charge in [-0.1, -0.05) is 0 Å². The molecule has 0 saturated carbocycles. The standard InChI is InChI=1S/C21H15F3N4O3/c1-28(21(30)26-11-2-3-14(22)10(4-11)7-25)18-9-31-8-17-19(18)12-5-15(23)16(24)6-13(12)20(29)27-17/h2-6,18H,8-9H2,1H3,(H,26,30)(H,27,29)/t18-/m1/s1. The second kappa shape index (κ2) is 7.77. The molecule has 1 aliphatic heterocycles. The van der Waals surface area contributed by atoms with E-state index in [1.807, 2.05) is 0 Å². The third-order valence-electron chi connectivity index (χ3n) is 5.17. The molecule has 1 aliphatic rings. The number of rotatable bonds is 2. The van der Waals surface area contributed by atoms with Crippen LogP contribution >= 0.6 is 0 Å². The Kier molecular flexibility index (Phi) is 5.12. The molecule has 7 nitrogen and oxygen atoms in total. The lowest BCUT2D eigenvalue weighted by molar-refractivity contribution is 0.0527. The maximum atomic E-state index is 14.0. The zero-order valence-corrected chi connectivity index (χ0v) is 16.1. The summed E-state index contributed by atoms with van der Waals surface area (Å²) in [7, 11) is 1.46. The molecule has 3 aromatic rings. The van der Waals surface area contributed by atoms with E-state index >= 15 is 0 Å². The van der Waals surface area contributed by atoms with Gasteiger partial charge in [0.15, 0.2) is 11.6 Å². The van der Waals surface area contributed by atoms with Gasteiger partial charge in [-0.2, -0.15) is 5.26 Å². The Morgan fingerprint density at radius 3 is 2.61 bits per heavy atom.